The van der Waals surface area contributed by atoms with Crippen molar-refractivity contribution < 1.29 is 22.4 Å². The van der Waals surface area contributed by atoms with E-state index in [4.69, 9.17) is 38.2 Å². The highest BCUT2D eigenvalue weighted by Gasteiger charge is 2.62. The molecule has 0 amide bonds. The molecule has 2 aromatic rings. The van der Waals surface area contributed by atoms with E-state index in [9.17, 15) is 13.2 Å². The Morgan fingerprint density at radius 1 is 1.20 bits per heavy atom. The molecule has 0 spiro atoms. The van der Waals surface area contributed by atoms with Crippen LogP contribution in [0.2, 0.25) is 10.0 Å². The maximum atomic E-state index is 13.9. The second-order valence-corrected chi connectivity index (χ2v) is 6.53. The first-order chi connectivity index (χ1) is 11.7. The fourth-order valence-electron chi connectivity index (χ4n) is 2.66. The number of alkyl halides is 3. The molecule has 0 aliphatic carbocycles. The lowest BCUT2D eigenvalue weighted by Crippen LogP contribution is -2.42. The molecule has 1 atom stereocenters. The molecule has 1 aliphatic rings. The summed E-state index contributed by atoms with van der Waals surface area (Å²) in [6.45, 7) is 1.59. The zero-order valence-corrected chi connectivity index (χ0v) is 14.4. The van der Waals surface area contributed by atoms with E-state index in [0.29, 0.717) is 11.3 Å². The highest BCUT2D eigenvalue weighted by Crippen LogP contribution is 2.49. The summed E-state index contributed by atoms with van der Waals surface area (Å²) >= 11 is 11.7. The SMILES string of the molecule is Cc1oc(C2=NOC(c3cc(Cl)cc(Cl)c3)(C(F)(F)F)C2)cc1C[NH-]. The topological polar surface area (TPSA) is 58.5 Å². The van der Waals surface area contributed by atoms with E-state index in [-0.39, 0.29) is 33.6 Å². The average Bonchev–Trinajstić information content (AvgIpc) is 3.10. The molecule has 1 aromatic carbocycles. The first-order valence-corrected chi connectivity index (χ1v) is 7.94. The number of rotatable bonds is 3. The maximum Gasteiger partial charge on any atom is 0.435 e. The van der Waals surface area contributed by atoms with Gasteiger partial charge >= 0.3 is 6.18 Å². The summed E-state index contributed by atoms with van der Waals surface area (Å²) < 4.78 is 47.0. The fourth-order valence-corrected chi connectivity index (χ4v) is 3.19. The molecule has 9 heteroatoms. The van der Waals surface area contributed by atoms with Crippen LogP contribution in [-0.2, 0) is 17.0 Å². The van der Waals surface area contributed by atoms with Gasteiger partial charge < -0.3 is 15.0 Å². The number of furan rings is 1. The third-order valence-corrected chi connectivity index (χ3v) is 4.45. The molecule has 1 unspecified atom stereocenters. The maximum absolute atomic E-state index is 13.9. The van der Waals surface area contributed by atoms with Crippen molar-refractivity contribution in [3.8, 4) is 0 Å². The molecule has 0 saturated carbocycles. The normalized spacial score (nSPS) is 20.5. The Morgan fingerprint density at radius 2 is 1.84 bits per heavy atom. The second-order valence-electron chi connectivity index (χ2n) is 5.66. The number of halogens is 5. The fraction of sp³-hybridized carbons (Fsp3) is 0.312. The number of aryl methyl sites for hydroxylation is 1. The van der Waals surface area contributed by atoms with E-state index in [1.54, 1.807) is 6.92 Å². The summed E-state index contributed by atoms with van der Waals surface area (Å²) in [4.78, 5) is 4.89. The minimum atomic E-state index is -4.76. The van der Waals surface area contributed by atoms with Crippen molar-refractivity contribution in [3.63, 3.8) is 0 Å². The lowest BCUT2D eigenvalue weighted by Gasteiger charge is -2.29. The standard InChI is InChI=1S/C16H12Cl2F3N2O2/c1-8-9(7-22)2-14(24-8)13-6-15(25-23-13,16(19,20)21)10-3-11(17)5-12(18)4-10/h2-5,22H,6-7H2,1H3/q-1. The van der Waals surface area contributed by atoms with E-state index in [1.807, 2.05) is 0 Å². The summed E-state index contributed by atoms with van der Waals surface area (Å²) in [6, 6.07) is 5.15. The predicted molar refractivity (Wildman–Crippen MR) is 87.9 cm³/mol. The van der Waals surface area contributed by atoms with Gasteiger partial charge in [0.1, 0.15) is 11.5 Å². The van der Waals surface area contributed by atoms with Crippen LogP contribution in [0.4, 0.5) is 13.2 Å². The summed E-state index contributed by atoms with van der Waals surface area (Å²) in [5.74, 6) is 0.613. The van der Waals surface area contributed by atoms with Crippen molar-refractivity contribution in [1.29, 1.82) is 0 Å². The number of nitrogens with zero attached hydrogens (tertiary/aromatic N) is 1. The first-order valence-electron chi connectivity index (χ1n) is 7.19. The molecular weight excluding hydrogens is 380 g/mol. The van der Waals surface area contributed by atoms with E-state index in [1.165, 1.54) is 12.1 Å². The summed E-state index contributed by atoms with van der Waals surface area (Å²) in [5.41, 5.74) is 5.04. The Morgan fingerprint density at radius 3 is 2.36 bits per heavy atom. The van der Waals surface area contributed by atoms with Gasteiger partial charge in [-0.25, -0.2) is 0 Å². The molecule has 1 N–H and O–H groups in total. The number of nitrogens with one attached hydrogen (secondary N) is 1. The Labute approximate surface area is 151 Å². The molecule has 0 bridgehead atoms. The highest BCUT2D eigenvalue weighted by molar-refractivity contribution is 6.34. The van der Waals surface area contributed by atoms with Crippen LogP contribution in [0.25, 0.3) is 5.73 Å². The van der Waals surface area contributed by atoms with Gasteiger partial charge in [0.05, 0.1) is 6.42 Å². The molecule has 134 valence electrons. The van der Waals surface area contributed by atoms with E-state index < -0.39 is 18.2 Å². The van der Waals surface area contributed by atoms with Gasteiger partial charge in [0.2, 0.25) is 0 Å². The number of oxime groups is 1. The minimum Gasteiger partial charge on any atom is -0.674 e. The van der Waals surface area contributed by atoms with Crippen LogP contribution in [0, 0.1) is 6.92 Å². The molecule has 1 aromatic heterocycles. The minimum absolute atomic E-state index is 0.0104. The molecule has 1 aliphatic heterocycles. The molecule has 25 heavy (non-hydrogen) atoms. The first kappa shape index (κ1) is 18.1. The van der Waals surface area contributed by atoms with Gasteiger partial charge in [-0.15, -0.1) is 6.54 Å². The predicted octanol–water partition coefficient (Wildman–Crippen LogP) is 6.03. The molecule has 3 rings (SSSR count). The van der Waals surface area contributed by atoms with Crippen LogP contribution in [0.1, 0.15) is 29.1 Å². The van der Waals surface area contributed by atoms with Gasteiger partial charge in [0.25, 0.3) is 5.60 Å². The molecule has 0 fully saturated rings. The molecule has 0 radical (unpaired) electrons. The number of benzene rings is 1. The third-order valence-electron chi connectivity index (χ3n) is 4.01. The highest BCUT2D eigenvalue weighted by atomic mass is 35.5. The molecule has 0 saturated heterocycles. The molecular formula is C16H12Cl2F3N2O2-. The van der Waals surface area contributed by atoms with E-state index in [2.05, 4.69) is 5.16 Å². The van der Waals surface area contributed by atoms with Gasteiger partial charge in [-0.2, -0.15) is 13.2 Å². The number of hydrogen-bond acceptors (Lipinski definition) is 3. The van der Waals surface area contributed by atoms with Crippen molar-refractivity contribution in [3.05, 3.63) is 62.7 Å². The lowest BCUT2D eigenvalue weighted by molar-refractivity contribution is -0.275. The summed E-state index contributed by atoms with van der Waals surface area (Å²) in [7, 11) is 0. The van der Waals surface area contributed by atoms with Gasteiger partial charge in [-0.1, -0.05) is 28.4 Å². The van der Waals surface area contributed by atoms with Gasteiger partial charge in [-0.05, 0) is 36.8 Å². The average molecular weight is 392 g/mol. The Balaban J connectivity index is 2.03. The van der Waals surface area contributed by atoms with Crippen LogP contribution in [-0.4, -0.2) is 11.9 Å². The van der Waals surface area contributed by atoms with Crippen molar-refractivity contribution in [2.45, 2.75) is 31.7 Å². The molecule has 2 heterocycles. The van der Waals surface area contributed by atoms with Crippen LogP contribution < -0.4 is 0 Å². The van der Waals surface area contributed by atoms with Gasteiger partial charge in [0, 0.05) is 15.6 Å². The second kappa shape index (κ2) is 6.23. The monoisotopic (exact) mass is 391 g/mol. The van der Waals surface area contributed by atoms with Crippen LogP contribution >= 0.6 is 23.2 Å². The quantitative estimate of drug-likeness (QED) is 0.641. The molecule has 4 nitrogen and oxygen atoms in total. The van der Waals surface area contributed by atoms with E-state index >= 15 is 0 Å². The Kier molecular flexibility index (Phi) is 4.51. The zero-order chi connectivity index (χ0) is 18.4. The van der Waals surface area contributed by atoms with E-state index in [0.717, 1.165) is 12.1 Å². The van der Waals surface area contributed by atoms with Crippen molar-refractivity contribution in [1.82, 2.24) is 0 Å². The smallest absolute Gasteiger partial charge is 0.435 e. The van der Waals surface area contributed by atoms with Crippen LogP contribution in [0.15, 0.2) is 33.8 Å². The third kappa shape index (κ3) is 3.12. The zero-order valence-electron chi connectivity index (χ0n) is 12.9. The summed E-state index contributed by atoms with van der Waals surface area (Å²) in [5, 5.41) is 3.73. The van der Waals surface area contributed by atoms with Crippen molar-refractivity contribution >= 4 is 28.9 Å². The largest absolute Gasteiger partial charge is 0.674 e. The number of hydrogen-bond donors (Lipinski definition) is 0. The van der Waals surface area contributed by atoms with Crippen LogP contribution in [0.3, 0.4) is 0 Å². The van der Waals surface area contributed by atoms with Gasteiger partial charge in [0.15, 0.2) is 5.76 Å². The van der Waals surface area contributed by atoms with Crippen molar-refractivity contribution in [2.75, 3.05) is 0 Å². The Bertz CT molecular complexity index is 828. The van der Waals surface area contributed by atoms with Gasteiger partial charge in [-0.3, -0.25) is 0 Å². The van der Waals surface area contributed by atoms with Crippen molar-refractivity contribution in [2.24, 2.45) is 5.16 Å². The Hall–Kier alpha value is -1.70. The lowest BCUT2D eigenvalue weighted by atomic mass is 9.87. The summed E-state index contributed by atoms with van der Waals surface area (Å²) in [6.07, 6.45) is -5.34. The van der Waals surface area contributed by atoms with Crippen LogP contribution in [0.5, 0.6) is 0 Å².